The van der Waals surface area contributed by atoms with Crippen LogP contribution in [0.2, 0.25) is 0 Å². The summed E-state index contributed by atoms with van der Waals surface area (Å²) in [5, 5.41) is 13.5. The number of hydrogen-bond donors (Lipinski definition) is 3. The third kappa shape index (κ3) is 4.80. The predicted molar refractivity (Wildman–Crippen MR) is 52.8 cm³/mol. The molecule has 0 heterocycles. The summed E-state index contributed by atoms with van der Waals surface area (Å²) >= 11 is 0. The van der Waals surface area contributed by atoms with Crippen molar-refractivity contribution in [3.8, 4) is 0 Å². The van der Waals surface area contributed by atoms with Crippen LogP contribution in [-0.2, 0) is 4.79 Å². The van der Waals surface area contributed by atoms with Crippen LogP contribution in [0.4, 0.5) is 13.2 Å². The lowest BCUT2D eigenvalue weighted by Gasteiger charge is -2.24. The maximum absolute atomic E-state index is 11.9. The molecule has 0 aromatic carbocycles. The third-order valence-corrected chi connectivity index (χ3v) is 2.12. The van der Waals surface area contributed by atoms with Crippen LogP contribution in [0.1, 0.15) is 13.8 Å². The van der Waals surface area contributed by atoms with Crippen molar-refractivity contribution in [3.05, 3.63) is 0 Å². The van der Waals surface area contributed by atoms with Gasteiger partial charge in [-0.15, -0.1) is 0 Å². The molecule has 1 unspecified atom stereocenters. The van der Waals surface area contributed by atoms with Crippen molar-refractivity contribution in [1.29, 1.82) is 0 Å². The van der Waals surface area contributed by atoms with E-state index in [-0.39, 0.29) is 12.5 Å². The minimum Gasteiger partial charge on any atom is -0.382 e. The van der Waals surface area contributed by atoms with Gasteiger partial charge in [-0.25, -0.2) is 0 Å². The monoisotopic (exact) mass is 242 g/mol. The Balaban J connectivity index is 4.04. The second kappa shape index (κ2) is 5.49. The number of hydrogen-bond acceptors (Lipinski definition) is 3. The smallest absolute Gasteiger partial charge is 0.382 e. The minimum atomic E-state index is -4.63. The van der Waals surface area contributed by atoms with Gasteiger partial charge in [0.2, 0.25) is 5.91 Å². The van der Waals surface area contributed by atoms with E-state index in [0.717, 1.165) is 0 Å². The average Bonchev–Trinajstić information content (AvgIpc) is 2.14. The quantitative estimate of drug-likeness (QED) is 0.648. The molecule has 0 aliphatic rings. The molecule has 0 saturated heterocycles. The summed E-state index contributed by atoms with van der Waals surface area (Å²) in [4.78, 5) is 11.3. The molecular weight excluding hydrogens is 225 g/mol. The van der Waals surface area contributed by atoms with Gasteiger partial charge in [-0.2, -0.15) is 13.2 Å². The normalized spacial score (nSPS) is 14.7. The molecule has 7 heteroatoms. The van der Waals surface area contributed by atoms with Crippen LogP contribution in [0.15, 0.2) is 0 Å². The Bertz CT molecular complexity index is 241. The van der Waals surface area contributed by atoms with Gasteiger partial charge in [0.1, 0.15) is 0 Å². The first kappa shape index (κ1) is 15.2. The number of carbonyl (C=O) groups is 1. The third-order valence-electron chi connectivity index (χ3n) is 2.12. The molecule has 1 amide bonds. The number of carbonyl (C=O) groups excluding carboxylic acids is 1. The molecule has 0 radical (unpaired) electrons. The fourth-order valence-corrected chi connectivity index (χ4v) is 1.06. The van der Waals surface area contributed by atoms with E-state index in [4.69, 9.17) is 5.11 Å². The summed E-state index contributed by atoms with van der Waals surface area (Å²) in [6.45, 7) is 2.63. The van der Waals surface area contributed by atoms with Crippen molar-refractivity contribution in [2.75, 3.05) is 20.1 Å². The van der Waals surface area contributed by atoms with Crippen LogP contribution in [-0.4, -0.2) is 43.4 Å². The van der Waals surface area contributed by atoms with E-state index >= 15 is 0 Å². The van der Waals surface area contributed by atoms with Crippen molar-refractivity contribution in [3.63, 3.8) is 0 Å². The molecule has 4 nitrogen and oxygen atoms in total. The maximum atomic E-state index is 11.9. The van der Waals surface area contributed by atoms with Crippen molar-refractivity contribution in [1.82, 2.24) is 10.6 Å². The largest absolute Gasteiger partial charge is 0.415 e. The summed E-state index contributed by atoms with van der Waals surface area (Å²) in [7, 11) is 1.45. The van der Waals surface area contributed by atoms with Crippen LogP contribution in [0.5, 0.6) is 0 Å². The molecule has 0 aliphatic carbocycles. The molecule has 0 bridgehead atoms. The Labute approximate surface area is 92.2 Å². The van der Waals surface area contributed by atoms with Gasteiger partial charge in [0.25, 0.3) is 0 Å². The van der Waals surface area contributed by atoms with Crippen LogP contribution < -0.4 is 10.6 Å². The van der Waals surface area contributed by atoms with E-state index in [2.05, 4.69) is 10.6 Å². The molecule has 3 N–H and O–H groups in total. The zero-order valence-corrected chi connectivity index (χ0v) is 9.48. The SMILES string of the molecule is CNC(=O)C(C)(C)CNCC(O)C(F)(F)F. The first-order valence-corrected chi connectivity index (χ1v) is 4.79. The fourth-order valence-electron chi connectivity index (χ4n) is 1.06. The van der Waals surface area contributed by atoms with Gasteiger partial charge in [-0.05, 0) is 13.8 Å². The minimum absolute atomic E-state index is 0.0554. The van der Waals surface area contributed by atoms with Crippen molar-refractivity contribution in [2.45, 2.75) is 26.1 Å². The van der Waals surface area contributed by atoms with Gasteiger partial charge in [-0.1, -0.05) is 0 Å². The van der Waals surface area contributed by atoms with E-state index in [1.165, 1.54) is 7.05 Å². The molecule has 96 valence electrons. The fraction of sp³-hybridized carbons (Fsp3) is 0.889. The first-order valence-electron chi connectivity index (χ1n) is 4.79. The molecule has 0 aliphatic heterocycles. The topological polar surface area (TPSA) is 61.4 Å². The summed E-state index contributed by atoms with van der Waals surface area (Å²) in [6, 6.07) is 0. The lowest BCUT2D eigenvalue weighted by molar-refractivity contribution is -0.202. The molecule has 0 saturated carbocycles. The van der Waals surface area contributed by atoms with E-state index in [1.54, 1.807) is 13.8 Å². The Kier molecular flexibility index (Phi) is 5.21. The van der Waals surface area contributed by atoms with Crippen LogP contribution in [0.3, 0.4) is 0 Å². The molecule has 0 aromatic rings. The molecule has 0 rings (SSSR count). The average molecular weight is 242 g/mol. The standard InChI is InChI=1S/C9H17F3N2O2/c1-8(2,7(16)13-3)5-14-4-6(15)9(10,11)12/h6,14-15H,4-5H2,1-3H3,(H,13,16). The maximum Gasteiger partial charge on any atom is 0.415 e. The zero-order chi connectivity index (χ0) is 13.0. The van der Waals surface area contributed by atoms with E-state index in [1.807, 2.05) is 0 Å². The highest BCUT2D eigenvalue weighted by molar-refractivity contribution is 5.81. The lowest BCUT2D eigenvalue weighted by atomic mass is 9.92. The van der Waals surface area contributed by atoms with Gasteiger partial charge in [-0.3, -0.25) is 4.79 Å². The number of nitrogens with one attached hydrogen (secondary N) is 2. The van der Waals surface area contributed by atoms with E-state index in [0.29, 0.717) is 0 Å². The zero-order valence-electron chi connectivity index (χ0n) is 9.48. The Hall–Kier alpha value is -0.820. The summed E-state index contributed by atoms with van der Waals surface area (Å²) < 4.78 is 35.8. The number of halogens is 3. The highest BCUT2D eigenvalue weighted by Crippen LogP contribution is 2.19. The first-order chi connectivity index (χ1) is 7.11. The predicted octanol–water partition coefficient (Wildman–Crippen LogP) is 0.271. The number of rotatable bonds is 5. The van der Waals surface area contributed by atoms with Gasteiger partial charge in [0.05, 0.1) is 5.41 Å². The van der Waals surface area contributed by atoms with Crippen molar-refractivity contribution in [2.24, 2.45) is 5.41 Å². The second-order valence-electron chi connectivity index (χ2n) is 4.15. The number of alkyl halides is 3. The molecule has 1 atom stereocenters. The number of aliphatic hydroxyl groups is 1. The van der Waals surface area contributed by atoms with Gasteiger partial charge >= 0.3 is 6.18 Å². The van der Waals surface area contributed by atoms with E-state index in [9.17, 15) is 18.0 Å². The highest BCUT2D eigenvalue weighted by Gasteiger charge is 2.38. The molecule has 0 aromatic heterocycles. The van der Waals surface area contributed by atoms with Crippen LogP contribution in [0, 0.1) is 5.41 Å². The highest BCUT2D eigenvalue weighted by atomic mass is 19.4. The Morgan fingerprint density at radius 1 is 1.38 bits per heavy atom. The second-order valence-corrected chi connectivity index (χ2v) is 4.15. The summed E-state index contributed by atoms with van der Waals surface area (Å²) in [5.41, 5.74) is -0.819. The van der Waals surface area contributed by atoms with Crippen LogP contribution in [0.25, 0.3) is 0 Å². The number of amides is 1. The van der Waals surface area contributed by atoms with Gasteiger partial charge < -0.3 is 15.7 Å². The van der Waals surface area contributed by atoms with Gasteiger partial charge in [0, 0.05) is 20.1 Å². The molecular formula is C9H17F3N2O2. The van der Waals surface area contributed by atoms with Gasteiger partial charge in [0.15, 0.2) is 6.10 Å². The summed E-state index contributed by atoms with van der Waals surface area (Å²) in [5.74, 6) is -0.276. The Morgan fingerprint density at radius 3 is 2.25 bits per heavy atom. The summed E-state index contributed by atoms with van der Waals surface area (Å²) in [6.07, 6.45) is -7.04. The lowest BCUT2D eigenvalue weighted by Crippen LogP contribution is -2.46. The molecule has 16 heavy (non-hydrogen) atoms. The van der Waals surface area contributed by atoms with Crippen molar-refractivity contribution < 1.29 is 23.1 Å². The Morgan fingerprint density at radius 2 is 1.88 bits per heavy atom. The van der Waals surface area contributed by atoms with E-state index < -0.39 is 24.2 Å². The molecule has 0 spiro atoms. The molecule has 0 fully saturated rings. The van der Waals surface area contributed by atoms with Crippen LogP contribution >= 0.6 is 0 Å². The number of aliphatic hydroxyl groups excluding tert-OH is 1. The van der Waals surface area contributed by atoms with Crippen molar-refractivity contribution >= 4 is 5.91 Å².